The van der Waals surface area contributed by atoms with E-state index in [2.05, 4.69) is 86.8 Å². The number of nitrogens with one attached hydrogen (secondary N) is 1. The summed E-state index contributed by atoms with van der Waals surface area (Å²) in [7, 11) is -2.56. The van der Waals surface area contributed by atoms with Crippen molar-refractivity contribution in [3.8, 4) is 0 Å². The molecule has 0 radical (unpaired) electrons. The van der Waals surface area contributed by atoms with Crippen molar-refractivity contribution in [2.75, 3.05) is 0 Å². The summed E-state index contributed by atoms with van der Waals surface area (Å²) in [5.41, 5.74) is 0. The molecule has 136 valence electrons. The Morgan fingerprint density at radius 2 is 1.46 bits per heavy atom. The highest BCUT2D eigenvalue weighted by Crippen LogP contribution is 2.42. The molecule has 1 saturated heterocycles. The first kappa shape index (κ1) is 17.5. The molecule has 1 N–H and O–H groups in total. The molecule has 4 heteroatoms. The zero-order valence-corrected chi connectivity index (χ0v) is 16.7. The molecule has 2 fully saturated rings. The molecule has 3 atom stereocenters. The van der Waals surface area contributed by atoms with Crippen molar-refractivity contribution in [3.05, 3.63) is 60.7 Å². The first-order valence-corrected chi connectivity index (χ1v) is 11.4. The van der Waals surface area contributed by atoms with E-state index in [-0.39, 0.29) is 29.0 Å². The van der Waals surface area contributed by atoms with E-state index in [9.17, 15) is 4.79 Å². The Labute approximate surface area is 156 Å². The molecule has 1 aliphatic carbocycles. The van der Waals surface area contributed by atoms with E-state index >= 15 is 0 Å². The maximum atomic E-state index is 12.3. The van der Waals surface area contributed by atoms with Gasteiger partial charge in [0.25, 0.3) is 8.32 Å². The van der Waals surface area contributed by atoms with Crippen molar-refractivity contribution in [1.82, 2.24) is 5.32 Å². The van der Waals surface area contributed by atoms with Gasteiger partial charge in [0, 0.05) is 6.04 Å². The van der Waals surface area contributed by atoms with E-state index in [0.29, 0.717) is 0 Å². The fraction of sp³-hybridized carbons (Fsp3) is 0.409. The van der Waals surface area contributed by atoms with Crippen LogP contribution in [0.25, 0.3) is 0 Å². The molecule has 1 amide bonds. The van der Waals surface area contributed by atoms with Crippen LogP contribution < -0.4 is 15.7 Å². The summed E-state index contributed by atoms with van der Waals surface area (Å²) >= 11 is 0. The molecular weight excluding hydrogens is 338 g/mol. The Kier molecular flexibility index (Phi) is 4.28. The van der Waals surface area contributed by atoms with E-state index in [1.54, 1.807) is 0 Å². The Morgan fingerprint density at radius 1 is 0.923 bits per heavy atom. The molecule has 1 aliphatic heterocycles. The zero-order valence-electron chi connectivity index (χ0n) is 15.7. The standard InChI is InChI=1S/C22H27NO2Si/c1-22(2,3)26(17-10-6-4-7-11-17,18-12-8-5-9-13-18)25-20-15-16-14-19(20)21(24)23-16/h4-13,16,19-20H,14-15H2,1-3H3,(H,23,24)/t16-,19+,20+/m0/s1. The predicted octanol–water partition coefficient (Wildman–Crippen LogP) is 2.84. The molecule has 2 bridgehead atoms. The molecule has 26 heavy (non-hydrogen) atoms. The highest BCUT2D eigenvalue weighted by atomic mass is 28.4. The predicted molar refractivity (Wildman–Crippen MR) is 107 cm³/mol. The number of carbonyl (C=O) groups is 1. The third-order valence-electron chi connectivity index (χ3n) is 5.93. The van der Waals surface area contributed by atoms with Gasteiger partial charge in [-0.15, -0.1) is 0 Å². The van der Waals surface area contributed by atoms with E-state index in [0.717, 1.165) is 12.8 Å². The SMILES string of the molecule is CC(C)(C)[Si](O[C@@H]1C[C@@H]2C[C@H]1C(=O)N2)(c1ccccc1)c1ccccc1. The quantitative estimate of drug-likeness (QED) is 0.846. The van der Waals surface area contributed by atoms with E-state index in [1.807, 2.05) is 0 Å². The van der Waals surface area contributed by atoms with Gasteiger partial charge < -0.3 is 9.74 Å². The van der Waals surface area contributed by atoms with Gasteiger partial charge in [-0.1, -0.05) is 81.4 Å². The third kappa shape index (κ3) is 2.72. The molecular formula is C22H27NO2Si. The third-order valence-corrected chi connectivity index (χ3v) is 11.0. The van der Waals surface area contributed by atoms with Crippen LogP contribution in [0.1, 0.15) is 33.6 Å². The van der Waals surface area contributed by atoms with Crippen molar-refractivity contribution in [1.29, 1.82) is 0 Å². The fourth-order valence-corrected chi connectivity index (χ4v) is 9.48. The van der Waals surface area contributed by atoms with E-state index in [4.69, 9.17) is 4.43 Å². The lowest BCUT2D eigenvalue weighted by Crippen LogP contribution is -2.68. The average molecular weight is 366 g/mol. The number of fused-ring (bicyclic) bond motifs is 2. The lowest BCUT2D eigenvalue weighted by molar-refractivity contribution is -0.126. The Morgan fingerprint density at radius 3 is 1.88 bits per heavy atom. The maximum Gasteiger partial charge on any atom is 0.261 e. The molecule has 2 aliphatic rings. The van der Waals surface area contributed by atoms with Gasteiger partial charge in [0.2, 0.25) is 5.91 Å². The van der Waals surface area contributed by atoms with Crippen molar-refractivity contribution in [2.45, 2.75) is 50.8 Å². The topological polar surface area (TPSA) is 38.3 Å². The molecule has 1 heterocycles. The molecule has 0 unspecified atom stereocenters. The Bertz CT molecular complexity index is 745. The van der Waals surface area contributed by atoms with Crippen molar-refractivity contribution in [3.63, 3.8) is 0 Å². The van der Waals surface area contributed by atoms with Gasteiger partial charge in [0.05, 0.1) is 12.0 Å². The second-order valence-corrected chi connectivity index (χ2v) is 12.9. The van der Waals surface area contributed by atoms with Crippen molar-refractivity contribution in [2.24, 2.45) is 5.92 Å². The van der Waals surface area contributed by atoms with Gasteiger partial charge in [-0.05, 0) is 28.3 Å². The second-order valence-electron chi connectivity index (χ2n) is 8.60. The number of amides is 1. The molecule has 4 rings (SSSR count). The summed E-state index contributed by atoms with van der Waals surface area (Å²) in [4.78, 5) is 12.3. The Balaban J connectivity index is 1.85. The molecule has 0 aromatic heterocycles. The van der Waals surface area contributed by atoms with Crippen LogP contribution >= 0.6 is 0 Å². The number of benzene rings is 2. The van der Waals surface area contributed by atoms with Gasteiger partial charge >= 0.3 is 0 Å². The van der Waals surface area contributed by atoms with Crippen LogP contribution in [0.3, 0.4) is 0 Å². The molecule has 1 saturated carbocycles. The lowest BCUT2D eigenvalue weighted by Gasteiger charge is -2.45. The smallest absolute Gasteiger partial charge is 0.261 e. The maximum absolute atomic E-state index is 12.3. The number of hydrogen-bond acceptors (Lipinski definition) is 2. The Hall–Kier alpha value is -1.91. The van der Waals surface area contributed by atoms with Crippen molar-refractivity contribution >= 4 is 24.6 Å². The van der Waals surface area contributed by atoms with Crippen LogP contribution in [-0.4, -0.2) is 26.4 Å². The normalized spacial score (nSPS) is 25.3. The van der Waals surface area contributed by atoms with Gasteiger partial charge in [-0.2, -0.15) is 0 Å². The van der Waals surface area contributed by atoms with Gasteiger partial charge in [0.1, 0.15) is 0 Å². The highest BCUT2D eigenvalue weighted by Gasteiger charge is 2.55. The number of carbonyl (C=O) groups excluding carboxylic acids is 1. The van der Waals surface area contributed by atoms with Gasteiger partial charge in [-0.25, -0.2) is 0 Å². The highest BCUT2D eigenvalue weighted by molar-refractivity contribution is 6.99. The summed E-state index contributed by atoms with van der Waals surface area (Å²) in [5.74, 6) is 0.172. The minimum Gasteiger partial charge on any atom is -0.404 e. The molecule has 0 spiro atoms. The minimum atomic E-state index is -2.56. The molecule has 2 aromatic carbocycles. The summed E-state index contributed by atoms with van der Waals surface area (Å²) in [5, 5.41) is 5.60. The summed E-state index contributed by atoms with van der Waals surface area (Å²) in [6.45, 7) is 6.85. The first-order valence-electron chi connectivity index (χ1n) is 9.51. The van der Waals surface area contributed by atoms with Crippen LogP contribution in [0.15, 0.2) is 60.7 Å². The van der Waals surface area contributed by atoms with Gasteiger partial charge in [0.15, 0.2) is 0 Å². The van der Waals surface area contributed by atoms with E-state index in [1.165, 1.54) is 10.4 Å². The minimum absolute atomic E-state index is 0.00153. The van der Waals surface area contributed by atoms with E-state index < -0.39 is 8.32 Å². The van der Waals surface area contributed by atoms with Crippen LogP contribution in [0.2, 0.25) is 5.04 Å². The monoisotopic (exact) mass is 365 g/mol. The fourth-order valence-electron chi connectivity index (χ4n) is 4.75. The molecule has 3 nitrogen and oxygen atoms in total. The van der Waals surface area contributed by atoms with Crippen LogP contribution in [0.4, 0.5) is 0 Å². The van der Waals surface area contributed by atoms with Crippen LogP contribution in [0, 0.1) is 5.92 Å². The second kappa shape index (κ2) is 6.36. The lowest BCUT2D eigenvalue weighted by atomic mass is 10.1. The summed E-state index contributed by atoms with van der Waals surface area (Å²) in [6, 6.07) is 21.6. The number of piperidine rings is 1. The number of hydrogen-bond donors (Lipinski definition) is 1. The number of rotatable bonds is 4. The van der Waals surface area contributed by atoms with Crippen LogP contribution in [0.5, 0.6) is 0 Å². The zero-order chi connectivity index (χ0) is 18.4. The largest absolute Gasteiger partial charge is 0.404 e. The van der Waals surface area contributed by atoms with Crippen molar-refractivity contribution < 1.29 is 9.22 Å². The summed E-state index contributed by atoms with van der Waals surface area (Å²) in [6.07, 6.45) is 1.86. The van der Waals surface area contributed by atoms with Crippen LogP contribution in [-0.2, 0) is 9.22 Å². The first-order chi connectivity index (χ1) is 12.4. The summed E-state index contributed by atoms with van der Waals surface area (Å²) < 4.78 is 7.12. The van der Waals surface area contributed by atoms with Gasteiger partial charge in [-0.3, -0.25) is 4.79 Å². The average Bonchev–Trinajstić information content (AvgIpc) is 3.19. The molecule has 2 aromatic rings.